The van der Waals surface area contributed by atoms with Crippen LogP contribution in [0.4, 0.5) is 0 Å². The van der Waals surface area contributed by atoms with Crippen molar-refractivity contribution in [2.75, 3.05) is 5.75 Å². The van der Waals surface area contributed by atoms with Crippen molar-refractivity contribution in [3.63, 3.8) is 0 Å². The van der Waals surface area contributed by atoms with Crippen molar-refractivity contribution in [2.24, 2.45) is 7.05 Å². The van der Waals surface area contributed by atoms with E-state index in [-0.39, 0.29) is 11.2 Å². The zero-order valence-corrected chi connectivity index (χ0v) is 16.4. The van der Waals surface area contributed by atoms with Gasteiger partial charge < -0.3 is 4.57 Å². The zero-order chi connectivity index (χ0) is 18.7. The molecular weight excluding hydrogens is 342 g/mol. The summed E-state index contributed by atoms with van der Waals surface area (Å²) >= 11 is 1.41. The highest BCUT2D eigenvalue weighted by Gasteiger charge is 2.16. The van der Waals surface area contributed by atoms with Gasteiger partial charge in [-0.1, -0.05) is 87.1 Å². The molecule has 0 amide bonds. The van der Waals surface area contributed by atoms with Crippen molar-refractivity contribution in [3.8, 4) is 11.4 Å². The van der Waals surface area contributed by atoms with Gasteiger partial charge in [0.2, 0.25) is 0 Å². The van der Waals surface area contributed by atoms with Crippen LogP contribution in [0.2, 0.25) is 0 Å². The van der Waals surface area contributed by atoms with Gasteiger partial charge >= 0.3 is 0 Å². The van der Waals surface area contributed by atoms with Gasteiger partial charge in [-0.3, -0.25) is 4.79 Å². The Balaban J connectivity index is 1.73. The van der Waals surface area contributed by atoms with Gasteiger partial charge in [0, 0.05) is 18.2 Å². The molecule has 0 fully saturated rings. The number of hydrogen-bond donors (Lipinski definition) is 0. The molecule has 26 heavy (non-hydrogen) atoms. The van der Waals surface area contributed by atoms with E-state index >= 15 is 0 Å². The molecule has 2 aromatic carbocycles. The van der Waals surface area contributed by atoms with Crippen molar-refractivity contribution < 1.29 is 4.79 Å². The normalized spacial score (nSPS) is 11.5. The Morgan fingerprint density at radius 3 is 2.27 bits per heavy atom. The first-order valence-corrected chi connectivity index (χ1v) is 9.56. The third kappa shape index (κ3) is 4.05. The minimum Gasteiger partial charge on any atom is -0.305 e. The predicted octanol–water partition coefficient (Wildman–Crippen LogP) is 4.75. The summed E-state index contributed by atoms with van der Waals surface area (Å²) in [5, 5.41) is 9.30. The van der Waals surface area contributed by atoms with E-state index in [1.54, 1.807) is 0 Å². The highest BCUT2D eigenvalue weighted by Crippen LogP contribution is 2.27. The first kappa shape index (κ1) is 18.4. The topological polar surface area (TPSA) is 47.8 Å². The van der Waals surface area contributed by atoms with Crippen molar-refractivity contribution >= 4 is 17.5 Å². The van der Waals surface area contributed by atoms with Gasteiger partial charge in [-0.2, -0.15) is 0 Å². The molecule has 0 radical (unpaired) electrons. The summed E-state index contributed by atoms with van der Waals surface area (Å²) in [5.74, 6) is 1.24. The van der Waals surface area contributed by atoms with Gasteiger partial charge in [-0.05, 0) is 11.0 Å². The lowest BCUT2D eigenvalue weighted by atomic mass is 9.87. The first-order valence-electron chi connectivity index (χ1n) is 8.57. The lowest BCUT2D eigenvalue weighted by Gasteiger charge is -2.19. The summed E-state index contributed by atoms with van der Waals surface area (Å²) in [6.45, 7) is 6.59. The number of carbonyl (C=O) groups excluding carboxylic acids is 1. The average molecular weight is 366 g/mol. The van der Waals surface area contributed by atoms with Crippen LogP contribution < -0.4 is 0 Å². The molecular formula is C21H23N3OS. The molecule has 5 heteroatoms. The maximum Gasteiger partial charge on any atom is 0.191 e. The molecule has 0 saturated heterocycles. The largest absolute Gasteiger partial charge is 0.305 e. The molecule has 0 bridgehead atoms. The molecule has 0 spiro atoms. The Hall–Kier alpha value is -2.40. The van der Waals surface area contributed by atoms with Crippen LogP contribution in [0, 0.1) is 0 Å². The number of carbonyl (C=O) groups is 1. The minimum atomic E-state index is 0.0923. The standard InChI is InChI=1S/C21H23N3OS/c1-21(2,3)17-12-10-16(11-13-17)19-22-23-20(24(19)4)26-14-18(25)15-8-6-5-7-9-15/h5-13H,14H2,1-4H3. The summed E-state index contributed by atoms with van der Waals surface area (Å²) in [6.07, 6.45) is 0. The Labute approximate surface area is 158 Å². The minimum absolute atomic E-state index is 0.0923. The van der Waals surface area contributed by atoms with Crippen molar-refractivity contribution in [1.29, 1.82) is 0 Å². The fourth-order valence-electron chi connectivity index (χ4n) is 2.65. The zero-order valence-electron chi connectivity index (χ0n) is 15.6. The van der Waals surface area contributed by atoms with E-state index < -0.39 is 0 Å². The summed E-state index contributed by atoms with van der Waals surface area (Å²) in [6, 6.07) is 17.8. The number of rotatable bonds is 5. The highest BCUT2D eigenvalue weighted by atomic mass is 32.2. The monoisotopic (exact) mass is 365 g/mol. The van der Waals surface area contributed by atoms with Gasteiger partial charge in [0.05, 0.1) is 5.75 Å². The lowest BCUT2D eigenvalue weighted by molar-refractivity contribution is 0.102. The molecule has 3 rings (SSSR count). The van der Waals surface area contributed by atoms with Gasteiger partial charge in [-0.25, -0.2) is 0 Å². The number of hydrogen-bond acceptors (Lipinski definition) is 4. The van der Waals surface area contributed by atoms with Crippen molar-refractivity contribution in [1.82, 2.24) is 14.8 Å². The highest BCUT2D eigenvalue weighted by molar-refractivity contribution is 7.99. The van der Waals surface area contributed by atoms with Gasteiger partial charge in [0.1, 0.15) is 0 Å². The van der Waals surface area contributed by atoms with E-state index in [0.717, 1.165) is 22.1 Å². The molecule has 0 unspecified atom stereocenters. The molecule has 0 atom stereocenters. The van der Waals surface area contributed by atoms with Crippen LogP contribution in [0.1, 0.15) is 36.7 Å². The average Bonchev–Trinajstić information content (AvgIpc) is 3.00. The molecule has 1 aromatic heterocycles. The van der Waals surface area contributed by atoms with Crippen LogP contribution in [0.25, 0.3) is 11.4 Å². The van der Waals surface area contributed by atoms with Crippen LogP contribution in [0.3, 0.4) is 0 Å². The summed E-state index contributed by atoms with van der Waals surface area (Å²) in [4.78, 5) is 12.3. The van der Waals surface area contributed by atoms with E-state index in [1.807, 2.05) is 41.9 Å². The van der Waals surface area contributed by atoms with Crippen LogP contribution in [-0.2, 0) is 12.5 Å². The SMILES string of the molecule is Cn1c(SCC(=O)c2ccccc2)nnc1-c1ccc(C(C)(C)C)cc1. The molecule has 134 valence electrons. The van der Waals surface area contributed by atoms with Gasteiger partial charge in [0.25, 0.3) is 0 Å². The lowest BCUT2D eigenvalue weighted by Crippen LogP contribution is -2.10. The Morgan fingerprint density at radius 2 is 1.65 bits per heavy atom. The smallest absolute Gasteiger partial charge is 0.191 e. The Morgan fingerprint density at radius 1 is 1.00 bits per heavy atom. The number of benzene rings is 2. The molecule has 0 aliphatic rings. The van der Waals surface area contributed by atoms with E-state index in [9.17, 15) is 4.79 Å². The third-order valence-corrected chi connectivity index (χ3v) is 5.29. The van der Waals surface area contributed by atoms with Crippen LogP contribution in [0.15, 0.2) is 59.8 Å². The fraction of sp³-hybridized carbons (Fsp3) is 0.286. The van der Waals surface area contributed by atoms with E-state index in [1.165, 1.54) is 17.3 Å². The molecule has 0 aliphatic heterocycles. The molecule has 3 aromatic rings. The van der Waals surface area contributed by atoms with E-state index in [0.29, 0.717) is 5.75 Å². The number of Topliss-reactive ketones (excluding diaryl/α,β-unsaturated/α-hetero) is 1. The van der Waals surface area contributed by atoms with Crippen LogP contribution in [0.5, 0.6) is 0 Å². The second kappa shape index (κ2) is 7.46. The van der Waals surface area contributed by atoms with Crippen LogP contribution in [-0.4, -0.2) is 26.3 Å². The summed E-state index contributed by atoms with van der Waals surface area (Å²) in [5.41, 5.74) is 3.15. The first-order chi connectivity index (χ1) is 12.4. The molecule has 0 aliphatic carbocycles. The second-order valence-electron chi connectivity index (χ2n) is 7.27. The van der Waals surface area contributed by atoms with E-state index in [2.05, 4.69) is 55.2 Å². The predicted molar refractivity (Wildman–Crippen MR) is 107 cm³/mol. The number of ketones is 1. The number of nitrogens with zero attached hydrogens (tertiary/aromatic N) is 3. The van der Waals surface area contributed by atoms with E-state index in [4.69, 9.17) is 0 Å². The van der Waals surface area contributed by atoms with Crippen molar-refractivity contribution in [3.05, 3.63) is 65.7 Å². The maximum atomic E-state index is 12.3. The number of aromatic nitrogens is 3. The molecule has 1 heterocycles. The number of thioether (sulfide) groups is 1. The fourth-order valence-corrected chi connectivity index (χ4v) is 3.45. The maximum absolute atomic E-state index is 12.3. The summed E-state index contributed by atoms with van der Waals surface area (Å²) in [7, 11) is 1.93. The molecule has 0 saturated carbocycles. The van der Waals surface area contributed by atoms with Gasteiger partial charge in [0.15, 0.2) is 16.8 Å². The quantitative estimate of drug-likeness (QED) is 0.483. The van der Waals surface area contributed by atoms with Crippen LogP contribution >= 0.6 is 11.8 Å². The van der Waals surface area contributed by atoms with Gasteiger partial charge in [-0.15, -0.1) is 10.2 Å². The molecule has 4 nitrogen and oxygen atoms in total. The van der Waals surface area contributed by atoms with Crippen molar-refractivity contribution in [2.45, 2.75) is 31.3 Å². The Bertz CT molecular complexity index is 893. The molecule has 0 N–H and O–H groups in total. The third-order valence-electron chi connectivity index (χ3n) is 4.27. The summed E-state index contributed by atoms with van der Waals surface area (Å²) < 4.78 is 1.94. The second-order valence-corrected chi connectivity index (χ2v) is 8.21. The Kier molecular flexibility index (Phi) is 5.28.